The number of aryl methyl sites for hydroxylation is 1. The second kappa shape index (κ2) is 7.49. The second-order valence-electron chi connectivity index (χ2n) is 6.83. The van der Waals surface area contributed by atoms with Gasteiger partial charge in [-0.3, -0.25) is 9.48 Å². The summed E-state index contributed by atoms with van der Waals surface area (Å²) in [5, 5.41) is 16.8. The molecule has 0 aliphatic heterocycles. The lowest BCUT2D eigenvalue weighted by Gasteiger charge is -2.21. The molecule has 0 spiro atoms. The fraction of sp³-hybridized carbons (Fsp3) is 0.421. The van der Waals surface area contributed by atoms with Gasteiger partial charge in [0, 0.05) is 18.2 Å². The fourth-order valence-corrected chi connectivity index (χ4v) is 2.30. The number of amides is 1. The monoisotopic (exact) mass is 340 g/mol. The zero-order valence-electron chi connectivity index (χ0n) is 15.2. The Morgan fingerprint density at radius 1 is 1.36 bits per heavy atom. The predicted molar refractivity (Wildman–Crippen MR) is 95.7 cm³/mol. The van der Waals surface area contributed by atoms with Gasteiger partial charge in [0.15, 0.2) is 0 Å². The number of rotatable bonds is 4. The molecule has 2 aromatic rings. The molecule has 132 valence electrons. The van der Waals surface area contributed by atoms with Crippen molar-refractivity contribution in [3.63, 3.8) is 0 Å². The highest BCUT2D eigenvalue weighted by Gasteiger charge is 2.23. The quantitative estimate of drug-likeness (QED) is 0.835. The Morgan fingerprint density at radius 3 is 2.64 bits per heavy atom. The number of aromatic nitrogens is 3. The number of hydrogen-bond acceptors (Lipinski definition) is 4. The van der Waals surface area contributed by atoms with Crippen LogP contribution in [0.5, 0.6) is 0 Å². The highest BCUT2D eigenvalue weighted by Crippen LogP contribution is 2.19. The molecule has 0 aliphatic rings. The number of aliphatic hydroxyl groups is 1. The molecule has 6 heteroatoms. The van der Waals surface area contributed by atoms with Crippen LogP contribution in [0.25, 0.3) is 0 Å². The number of nitrogens with zero attached hydrogens (tertiary/aromatic N) is 3. The molecule has 0 aliphatic carbocycles. The Balaban J connectivity index is 2.22. The lowest BCUT2D eigenvalue weighted by molar-refractivity contribution is 0.0922. The summed E-state index contributed by atoms with van der Waals surface area (Å²) in [6.45, 7) is 7.27. The smallest absolute Gasteiger partial charge is 0.251 e. The number of carbonyl (C=O) groups excluding carboxylic acids is 1. The van der Waals surface area contributed by atoms with E-state index >= 15 is 0 Å². The van der Waals surface area contributed by atoms with E-state index in [-0.39, 0.29) is 17.9 Å². The van der Waals surface area contributed by atoms with Gasteiger partial charge < -0.3 is 10.4 Å². The molecule has 25 heavy (non-hydrogen) atoms. The molecule has 1 amide bonds. The van der Waals surface area contributed by atoms with E-state index in [0.717, 1.165) is 0 Å². The predicted octanol–water partition coefficient (Wildman–Crippen LogP) is 2.06. The second-order valence-corrected chi connectivity index (χ2v) is 6.83. The first-order valence-corrected chi connectivity index (χ1v) is 8.18. The summed E-state index contributed by atoms with van der Waals surface area (Å²) < 4.78 is 1.66. The van der Waals surface area contributed by atoms with E-state index in [0.29, 0.717) is 17.0 Å². The molecule has 2 rings (SSSR count). The summed E-state index contributed by atoms with van der Waals surface area (Å²) in [6, 6.07) is 6.78. The molecule has 1 atom stereocenters. The Hall–Kier alpha value is -2.65. The molecule has 2 N–H and O–H groups in total. The van der Waals surface area contributed by atoms with Crippen LogP contribution in [0.1, 0.15) is 55.5 Å². The van der Waals surface area contributed by atoms with Crippen LogP contribution in [0.15, 0.2) is 30.6 Å². The van der Waals surface area contributed by atoms with Crippen molar-refractivity contribution >= 4 is 5.91 Å². The summed E-state index contributed by atoms with van der Waals surface area (Å²) >= 11 is 0. The third-order valence-electron chi connectivity index (χ3n) is 3.62. The first-order chi connectivity index (χ1) is 11.7. The molecule has 0 unspecified atom stereocenters. The minimum absolute atomic E-state index is 0.157. The third kappa shape index (κ3) is 5.16. The number of carbonyl (C=O) groups is 1. The summed E-state index contributed by atoms with van der Waals surface area (Å²) in [7, 11) is 1.80. The van der Waals surface area contributed by atoms with Crippen LogP contribution in [0, 0.1) is 17.8 Å². The molecular formula is C19H24N4O2. The Bertz CT molecular complexity index is 807. The summed E-state index contributed by atoms with van der Waals surface area (Å²) in [5.74, 6) is 6.30. The number of hydrogen-bond donors (Lipinski definition) is 2. The van der Waals surface area contributed by atoms with Crippen molar-refractivity contribution in [2.75, 3.05) is 0 Å². The van der Waals surface area contributed by atoms with Crippen molar-refractivity contribution in [1.29, 1.82) is 0 Å². The molecule has 0 saturated heterocycles. The molecule has 1 aromatic carbocycles. The molecule has 1 heterocycles. The molecule has 6 nitrogen and oxygen atoms in total. The van der Waals surface area contributed by atoms with Gasteiger partial charge in [-0.05, 0) is 38.0 Å². The van der Waals surface area contributed by atoms with Crippen molar-refractivity contribution in [2.45, 2.75) is 39.3 Å². The van der Waals surface area contributed by atoms with Gasteiger partial charge in [0.25, 0.3) is 5.91 Å². The minimum Gasteiger partial charge on any atom is -0.378 e. The van der Waals surface area contributed by atoms with Gasteiger partial charge in [-0.15, -0.1) is 0 Å². The van der Waals surface area contributed by atoms with Crippen molar-refractivity contribution in [3.8, 4) is 11.8 Å². The van der Waals surface area contributed by atoms with Gasteiger partial charge in [0.1, 0.15) is 17.8 Å². The van der Waals surface area contributed by atoms with Crippen molar-refractivity contribution in [2.24, 2.45) is 13.0 Å². The van der Waals surface area contributed by atoms with E-state index in [1.54, 1.807) is 49.8 Å². The van der Waals surface area contributed by atoms with Gasteiger partial charge in [0.05, 0.1) is 6.04 Å². The van der Waals surface area contributed by atoms with Gasteiger partial charge in [0.2, 0.25) is 0 Å². The van der Waals surface area contributed by atoms with Crippen molar-refractivity contribution in [3.05, 3.63) is 47.5 Å². The van der Waals surface area contributed by atoms with Crippen LogP contribution in [0.3, 0.4) is 0 Å². The Kier molecular flexibility index (Phi) is 5.60. The molecule has 0 fully saturated rings. The van der Waals surface area contributed by atoms with Gasteiger partial charge >= 0.3 is 0 Å². The number of benzene rings is 1. The maximum atomic E-state index is 12.7. The summed E-state index contributed by atoms with van der Waals surface area (Å²) in [5.41, 5.74) is 0.108. The van der Waals surface area contributed by atoms with E-state index in [2.05, 4.69) is 27.2 Å². The van der Waals surface area contributed by atoms with Gasteiger partial charge in [-0.25, -0.2) is 4.98 Å². The van der Waals surface area contributed by atoms with Crippen LogP contribution in [0.4, 0.5) is 0 Å². The van der Waals surface area contributed by atoms with Crippen LogP contribution in [0.2, 0.25) is 0 Å². The van der Waals surface area contributed by atoms with Gasteiger partial charge in [-0.1, -0.05) is 31.8 Å². The summed E-state index contributed by atoms with van der Waals surface area (Å²) in [6.07, 6.45) is 1.48. The van der Waals surface area contributed by atoms with Crippen LogP contribution < -0.4 is 5.32 Å². The highest BCUT2D eigenvalue weighted by molar-refractivity contribution is 5.94. The van der Waals surface area contributed by atoms with Crippen molar-refractivity contribution < 1.29 is 9.90 Å². The number of nitrogens with one attached hydrogen (secondary N) is 1. The van der Waals surface area contributed by atoms with Gasteiger partial charge in [-0.2, -0.15) is 5.10 Å². The fourth-order valence-electron chi connectivity index (χ4n) is 2.30. The summed E-state index contributed by atoms with van der Waals surface area (Å²) in [4.78, 5) is 16.9. The maximum absolute atomic E-state index is 12.7. The normalized spacial score (nSPS) is 12.4. The third-order valence-corrected chi connectivity index (χ3v) is 3.62. The van der Waals surface area contributed by atoms with Crippen LogP contribution in [-0.4, -0.2) is 31.4 Å². The van der Waals surface area contributed by atoms with E-state index in [1.807, 2.05) is 13.8 Å². The minimum atomic E-state index is -1.08. The maximum Gasteiger partial charge on any atom is 0.251 e. The topological polar surface area (TPSA) is 80.0 Å². The van der Waals surface area contributed by atoms with Crippen molar-refractivity contribution in [1.82, 2.24) is 20.1 Å². The molecule has 1 aromatic heterocycles. The SMILES string of the molecule is CC(C)[C@@H](NC(=O)c1cccc(C#CC(C)(C)O)c1)c1ncnn1C. The average Bonchev–Trinajstić information content (AvgIpc) is 2.95. The molecular weight excluding hydrogens is 316 g/mol. The van der Waals surface area contributed by atoms with E-state index in [9.17, 15) is 9.90 Å². The Morgan fingerprint density at radius 2 is 2.08 bits per heavy atom. The molecule has 0 radical (unpaired) electrons. The van der Waals surface area contributed by atoms with E-state index in [1.165, 1.54) is 6.33 Å². The zero-order valence-corrected chi connectivity index (χ0v) is 15.2. The standard InChI is InChI=1S/C19H24N4O2/c1-13(2)16(17-20-12-21-23(17)5)22-18(24)15-8-6-7-14(11-15)9-10-19(3,4)25/h6-8,11-13,16,25H,1-5H3,(H,22,24)/t16-/m1/s1. The molecule has 0 bridgehead atoms. The lowest BCUT2D eigenvalue weighted by atomic mass is 10.0. The molecule has 0 saturated carbocycles. The Labute approximate surface area is 148 Å². The van der Waals surface area contributed by atoms with E-state index in [4.69, 9.17) is 0 Å². The zero-order chi connectivity index (χ0) is 18.6. The largest absolute Gasteiger partial charge is 0.378 e. The van der Waals surface area contributed by atoms with Crippen LogP contribution >= 0.6 is 0 Å². The van der Waals surface area contributed by atoms with Crippen LogP contribution in [-0.2, 0) is 7.05 Å². The first kappa shape index (κ1) is 18.7. The van der Waals surface area contributed by atoms with E-state index < -0.39 is 5.60 Å². The first-order valence-electron chi connectivity index (χ1n) is 8.18. The highest BCUT2D eigenvalue weighted by atomic mass is 16.3. The average molecular weight is 340 g/mol. The lowest BCUT2D eigenvalue weighted by Crippen LogP contribution is -2.33.